The number of thioether (sulfide) groups is 1. The molecular formula is C14H24N2O3S. The van der Waals surface area contributed by atoms with Gasteiger partial charge in [-0.15, -0.1) is 0 Å². The van der Waals surface area contributed by atoms with Crippen molar-refractivity contribution in [1.29, 1.82) is 0 Å². The average molecular weight is 300 g/mol. The SMILES string of the molecule is CSC1CCC(NC(=O)NC2(C(=O)O)CCCC2)CC1. The average Bonchev–Trinajstić information content (AvgIpc) is 2.89. The largest absolute Gasteiger partial charge is 0.480 e. The molecule has 0 bridgehead atoms. The van der Waals surface area contributed by atoms with Crippen molar-refractivity contribution >= 4 is 23.8 Å². The van der Waals surface area contributed by atoms with E-state index < -0.39 is 11.5 Å². The Hall–Kier alpha value is -0.910. The molecule has 2 fully saturated rings. The Kier molecular flexibility index (Phi) is 5.18. The number of nitrogens with one attached hydrogen (secondary N) is 2. The van der Waals surface area contributed by atoms with E-state index in [1.165, 1.54) is 0 Å². The molecule has 2 rings (SSSR count). The molecule has 0 unspecified atom stereocenters. The molecule has 2 amide bonds. The Morgan fingerprint density at radius 2 is 1.75 bits per heavy atom. The van der Waals surface area contributed by atoms with Gasteiger partial charge in [-0.05, 0) is 44.8 Å². The summed E-state index contributed by atoms with van der Waals surface area (Å²) in [6, 6.07) is -0.132. The van der Waals surface area contributed by atoms with Gasteiger partial charge in [-0.3, -0.25) is 0 Å². The van der Waals surface area contributed by atoms with Crippen molar-refractivity contribution in [3.05, 3.63) is 0 Å². The van der Waals surface area contributed by atoms with Crippen LogP contribution in [0.25, 0.3) is 0 Å². The van der Waals surface area contributed by atoms with Gasteiger partial charge < -0.3 is 15.7 Å². The lowest BCUT2D eigenvalue weighted by Gasteiger charge is -2.30. The maximum absolute atomic E-state index is 12.0. The van der Waals surface area contributed by atoms with Crippen LogP contribution in [0.1, 0.15) is 51.4 Å². The van der Waals surface area contributed by atoms with Gasteiger partial charge in [-0.2, -0.15) is 11.8 Å². The fourth-order valence-corrected chi connectivity index (χ4v) is 4.00. The second kappa shape index (κ2) is 6.70. The van der Waals surface area contributed by atoms with Gasteiger partial charge in [0.05, 0.1) is 0 Å². The summed E-state index contributed by atoms with van der Waals surface area (Å²) in [7, 11) is 0. The van der Waals surface area contributed by atoms with Crippen molar-refractivity contribution in [3.8, 4) is 0 Å². The third kappa shape index (κ3) is 3.59. The summed E-state index contributed by atoms with van der Waals surface area (Å²) in [6.07, 6.45) is 9.15. The second-order valence-corrected chi connectivity index (χ2v) is 7.04. The minimum Gasteiger partial charge on any atom is -0.480 e. The first-order valence-corrected chi connectivity index (χ1v) is 8.69. The molecule has 0 heterocycles. The predicted octanol–water partition coefficient (Wildman–Crippen LogP) is 2.36. The van der Waals surface area contributed by atoms with E-state index in [0.29, 0.717) is 18.1 Å². The number of carbonyl (C=O) groups is 2. The van der Waals surface area contributed by atoms with Gasteiger partial charge in [0.15, 0.2) is 0 Å². The van der Waals surface area contributed by atoms with Crippen LogP contribution in [0.15, 0.2) is 0 Å². The molecule has 2 aliphatic carbocycles. The highest BCUT2D eigenvalue weighted by molar-refractivity contribution is 7.99. The normalized spacial score (nSPS) is 28.9. The minimum atomic E-state index is -1.04. The highest BCUT2D eigenvalue weighted by atomic mass is 32.2. The van der Waals surface area contributed by atoms with E-state index in [9.17, 15) is 14.7 Å². The zero-order valence-corrected chi connectivity index (χ0v) is 12.8. The number of aliphatic carboxylic acids is 1. The second-order valence-electron chi connectivity index (χ2n) is 5.90. The molecule has 2 aliphatic rings. The Bertz CT molecular complexity index is 361. The lowest BCUT2D eigenvalue weighted by atomic mass is 9.95. The van der Waals surface area contributed by atoms with E-state index in [1.807, 2.05) is 11.8 Å². The predicted molar refractivity (Wildman–Crippen MR) is 80.1 cm³/mol. The molecule has 20 heavy (non-hydrogen) atoms. The number of rotatable bonds is 4. The maximum atomic E-state index is 12.0. The van der Waals surface area contributed by atoms with Crippen molar-refractivity contribution in [2.45, 2.75) is 68.2 Å². The quantitative estimate of drug-likeness (QED) is 0.745. The molecule has 0 atom stereocenters. The Morgan fingerprint density at radius 3 is 2.25 bits per heavy atom. The van der Waals surface area contributed by atoms with E-state index in [1.54, 1.807) is 0 Å². The first kappa shape index (κ1) is 15.5. The topological polar surface area (TPSA) is 78.4 Å². The van der Waals surface area contributed by atoms with Gasteiger partial charge in [0.2, 0.25) is 0 Å². The monoisotopic (exact) mass is 300 g/mol. The van der Waals surface area contributed by atoms with Gasteiger partial charge in [-0.25, -0.2) is 9.59 Å². The standard InChI is InChI=1S/C14H24N2O3S/c1-20-11-6-4-10(5-7-11)15-13(19)16-14(12(17)18)8-2-3-9-14/h10-11H,2-9H2,1H3,(H,17,18)(H2,15,16,19). The number of amides is 2. The lowest BCUT2D eigenvalue weighted by molar-refractivity contribution is -0.144. The summed E-state index contributed by atoms with van der Waals surface area (Å²) < 4.78 is 0. The van der Waals surface area contributed by atoms with Crippen LogP contribution < -0.4 is 10.6 Å². The third-order valence-electron chi connectivity index (χ3n) is 4.56. The highest BCUT2D eigenvalue weighted by Crippen LogP contribution is 2.30. The number of carboxylic acids is 1. The fourth-order valence-electron chi connectivity index (χ4n) is 3.25. The number of carboxylic acid groups (broad SMARTS) is 1. The van der Waals surface area contributed by atoms with Crippen LogP contribution in [0, 0.1) is 0 Å². The van der Waals surface area contributed by atoms with E-state index in [-0.39, 0.29) is 12.1 Å². The molecule has 2 saturated carbocycles. The van der Waals surface area contributed by atoms with Crippen LogP contribution in [-0.4, -0.2) is 40.2 Å². The molecule has 0 aromatic carbocycles. The van der Waals surface area contributed by atoms with E-state index in [4.69, 9.17) is 0 Å². The van der Waals surface area contributed by atoms with Crippen LogP contribution in [0.5, 0.6) is 0 Å². The Morgan fingerprint density at radius 1 is 1.15 bits per heavy atom. The number of hydrogen-bond donors (Lipinski definition) is 3. The van der Waals surface area contributed by atoms with E-state index in [0.717, 1.165) is 38.5 Å². The van der Waals surface area contributed by atoms with Gasteiger partial charge >= 0.3 is 12.0 Å². The smallest absolute Gasteiger partial charge is 0.329 e. The van der Waals surface area contributed by atoms with Crippen LogP contribution in [0.2, 0.25) is 0 Å². The molecule has 3 N–H and O–H groups in total. The molecule has 6 heteroatoms. The van der Waals surface area contributed by atoms with Crippen LogP contribution in [0.3, 0.4) is 0 Å². The summed E-state index contributed by atoms with van der Waals surface area (Å²) in [6.45, 7) is 0. The van der Waals surface area contributed by atoms with Crippen LogP contribution >= 0.6 is 11.8 Å². The highest BCUT2D eigenvalue weighted by Gasteiger charge is 2.42. The Labute approximate surface area is 124 Å². The lowest BCUT2D eigenvalue weighted by Crippen LogP contribution is -2.57. The zero-order chi connectivity index (χ0) is 14.6. The molecule has 0 aliphatic heterocycles. The summed E-state index contributed by atoms with van der Waals surface area (Å²) in [4.78, 5) is 23.4. The molecule has 5 nitrogen and oxygen atoms in total. The molecular weight excluding hydrogens is 276 g/mol. The summed E-state index contributed by atoms with van der Waals surface area (Å²) in [5.74, 6) is -0.906. The van der Waals surface area contributed by atoms with E-state index in [2.05, 4.69) is 16.9 Å². The molecule has 0 saturated heterocycles. The van der Waals surface area contributed by atoms with Gasteiger partial charge in [0.1, 0.15) is 5.54 Å². The van der Waals surface area contributed by atoms with E-state index >= 15 is 0 Å². The van der Waals surface area contributed by atoms with Crippen molar-refractivity contribution in [2.75, 3.05) is 6.26 Å². The summed E-state index contributed by atoms with van der Waals surface area (Å²) >= 11 is 1.89. The number of hydrogen-bond acceptors (Lipinski definition) is 3. The van der Waals surface area contributed by atoms with Crippen molar-refractivity contribution in [1.82, 2.24) is 10.6 Å². The fraction of sp³-hybridized carbons (Fsp3) is 0.857. The molecule has 0 aromatic rings. The first-order valence-electron chi connectivity index (χ1n) is 7.40. The summed E-state index contributed by atoms with van der Waals surface area (Å²) in [5, 5.41) is 15.7. The molecule has 0 spiro atoms. The first-order chi connectivity index (χ1) is 9.55. The zero-order valence-electron chi connectivity index (χ0n) is 12.0. The van der Waals surface area contributed by atoms with Crippen LogP contribution in [0.4, 0.5) is 4.79 Å². The van der Waals surface area contributed by atoms with Crippen molar-refractivity contribution in [3.63, 3.8) is 0 Å². The van der Waals surface area contributed by atoms with Gasteiger partial charge in [0.25, 0.3) is 0 Å². The molecule has 0 aromatic heterocycles. The van der Waals surface area contributed by atoms with Crippen LogP contribution in [-0.2, 0) is 4.79 Å². The molecule has 114 valence electrons. The third-order valence-corrected chi connectivity index (χ3v) is 5.70. The Balaban J connectivity index is 1.82. The summed E-state index contributed by atoms with van der Waals surface area (Å²) in [5.41, 5.74) is -1.04. The minimum absolute atomic E-state index is 0.186. The van der Waals surface area contributed by atoms with Crippen molar-refractivity contribution in [2.24, 2.45) is 0 Å². The molecule has 0 radical (unpaired) electrons. The van der Waals surface area contributed by atoms with Gasteiger partial charge in [-0.1, -0.05) is 12.8 Å². The van der Waals surface area contributed by atoms with Crippen molar-refractivity contribution < 1.29 is 14.7 Å². The number of carbonyl (C=O) groups excluding carboxylic acids is 1. The maximum Gasteiger partial charge on any atom is 0.329 e. The van der Waals surface area contributed by atoms with Gasteiger partial charge in [0, 0.05) is 11.3 Å². The number of urea groups is 1.